The number of fused-ring (bicyclic) bond motifs is 3. The molecule has 0 saturated heterocycles. The first-order valence-electron chi connectivity index (χ1n) is 6.86. The molecule has 0 bridgehead atoms. The van der Waals surface area contributed by atoms with E-state index in [0.717, 1.165) is 5.57 Å². The van der Waals surface area contributed by atoms with E-state index in [-0.39, 0.29) is 5.97 Å². The van der Waals surface area contributed by atoms with Gasteiger partial charge in [-0.2, -0.15) is 0 Å². The number of carbonyl (C=O) groups is 1. The van der Waals surface area contributed by atoms with Gasteiger partial charge in [-0.3, -0.25) is 4.79 Å². The zero-order chi connectivity index (χ0) is 13.9. The van der Waals surface area contributed by atoms with Crippen molar-refractivity contribution in [2.45, 2.75) is 13.3 Å². The zero-order valence-corrected chi connectivity index (χ0v) is 11.4. The maximum Gasteiger partial charge on any atom is 0.309 e. The van der Waals surface area contributed by atoms with Crippen molar-refractivity contribution in [3.63, 3.8) is 0 Å². The van der Waals surface area contributed by atoms with Crippen LogP contribution in [0.1, 0.15) is 24.5 Å². The van der Waals surface area contributed by atoms with Crippen LogP contribution in [0, 0.1) is 0 Å². The van der Waals surface area contributed by atoms with Crippen molar-refractivity contribution in [1.82, 2.24) is 0 Å². The number of carbonyl (C=O) groups excluding carboxylic acids is 1. The van der Waals surface area contributed by atoms with Gasteiger partial charge in [0.15, 0.2) is 0 Å². The van der Waals surface area contributed by atoms with Gasteiger partial charge in [0.05, 0.1) is 13.0 Å². The first-order valence-corrected chi connectivity index (χ1v) is 6.86. The Morgan fingerprint density at radius 1 is 0.950 bits per heavy atom. The Morgan fingerprint density at radius 2 is 1.45 bits per heavy atom. The quantitative estimate of drug-likeness (QED) is 0.667. The maximum atomic E-state index is 11.6. The summed E-state index contributed by atoms with van der Waals surface area (Å²) in [7, 11) is 0. The average Bonchev–Trinajstić information content (AvgIpc) is 2.80. The fourth-order valence-corrected chi connectivity index (χ4v) is 2.68. The topological polar surface area (TPSA) is 26.3 Å². The lowest BCUT2D eigenvalue weighted by atomic mass is 10.0. The zero-order valence-electron chi connectivity index (χ0n) is 11.4. The molecule has 0 aliphatic heterocycles. The highest BCUT2D eigenvalue weighted by atomic mass is 16.5. The molecule has 2 aromatic carbocycles. The third-order valence-electron chi connectivity index (χ3n) is 3.50. The maximum absolute atomic E-state index is 11.6. The smallest absolute Gasteiger partial charge is 0.309 e. The van der Waals surface area contributed by atoms with Crippen LogP contribution in [0.3, 0.4) is 0 Å². The van der Waals surface area contributed by atoms with E-state index in [1.165, 1.54) is 22.3 Å². The van der Waals surface area contributed by atoms with Crippen molar-refractivity contribution < 1.29 is 9.53 Å². The van der Waals surface area contributed by atoms with Gasteiger partial charge >= 0.3 is 5.97 Å². The van der Waals surface area contributed by atoms with Gasteiger partial charge in [0.1, 0.15) is 0 Å². The Balaban J connectivity index is 2.03. The largest absolute Gasteiger partial charge is 0.466 e. The Hall–Kier alpha value is -2.35. The lowest BCUT2D eigenvalue weighted by Gasteiger charge is -2.03. The molecular formula is C18H16O2. The third-order valence-corrected chi connectivity index (χ3v) is 3.50. The minimum Gasteiger partial charge on any atom is -0.466 e. The van der Waals surface area contributed by atoms with Gasteiger partial charge in [0, 0.05) is 0 Å². The minimum absolute atomic E-state index is 0.179. The number of ether oxygens (including phenoxy) is 1. The Morgan fingerprint density at radius 3 is 1.95 bits per heavy atom. The van der Waals surface area contributed by atoms with Gasteiger partial charge in [-0.05, 0) is 34.8 Å². The molecule has 0 amide bonds. The van der Waals surface area contributed by atoms with Crippen LogP contribution in [0.2, 0.25) is 0 Å². The average molecular weight is 264 g/mol. The van der Waals surface area contributed by atoms with Crippen LogP contribution in [0.25, 0.3) is 16.7 Å². The predicted octanol–water partition coefficient (Wildman–Crippen LogP) is 4.05. The van der Waals surface area contributed by atoms with Gasteiger partial charge in [-0.15, -0.1) is 0 Å². The molecule has 0 aromatic heterocycles. The minimum atomic E-state index is -0.179. The lowest BCUT2D eigenvalue weighted by molar-refractivity contribution is -0.142. The first kappa shape index (κ1) is 12.7. The summed E-state index contributed by atoms with van der Waals surface area (Å²) in [6.07, 6.45) is 2.29. The fourth-order valence-electron chi connectivity index (χ4n) is 2.68. The van der Waals surface area contributed by atoms with Crippen LogP contribution in [-0.2, 0) is 9.53 Å². The number of hydrogen-bond acceptors (Lipinski definition) is 2. The number of benzene rings is 2. The van der Waals surface area contributed by atoms with Crippen molar-refractivity contribution in [2.24, 2.45) is 0 Å². The van der Waals surface area contributed by atoms with E-state index in [9.17, 15) is 4.79 Å². The Labute approximate surface area is 118 Å². The summed E-state index contributed by atoms with van der Waals surface area (Å²) < 4.78 is 4.99. The van der Waals surface area contributed by atoms with Crippen molar-refractivity contribution >= 4 is 11.5 Å². The molecule has 0 spiro atoms. The van der Waals surface area contributed by atoms with E-state index in [1.807, 2.05) is 37.3 Å². The molecule has 0 saturated carbocycles. The predicted molar refractivity (Wildman–Crippen MR) is 80.2 cm³/mol. The molecule has 2 nitrogen and oxygen atoms in total. The third kappa shape index (κ3) is 2.14. The van der Waals surface area contributed by atoms with Crippen molar-refractivity contribution in [3.8, 4) is 11.1 Å². The van der Waals surface area contributed by atoms with E-state index in [0.29, 0.717) is 13.0 Å². The highest BCUT2D eigenvalue weighted by Crippen LogP contribution is 2.43. The standard InChI is InChI=1S/C18H16O2/c1-2-20-18(19)12-11-17-15-9-5-3-7-13(15)14-8-4-6-10-16(14)17/h3-11H,2,12H2,1H3. The van der Waals surface area contributed by atoms with Crippen molar-refractivity contribution in [1.29, 1.82) is 0 Å². The Bertz CT molecular complexity index is 636. The molecular weight excluding hydrogens is 248 g/mol. The van der Waals surface area contributed by atoms with Crippen molar-refractivity contribution in [3.05, 3.63) is 65.7 Å². The summed E-state index contributed by atoms with van der Waals surface area (Å²) >= 11 is 0. The normalized spacial score (nSPS) is 11.8. The Kier molecular flexibility index (Phi) is 3.38. The van der Waals surface area contributed by atoms with Crippen LogP contribution < -0.4 is 0 Å². The summed E-state index contributed by atoms with van der Waals surface area (Å²) in [5.74, 6) is -0.179. The van der Waals surface area contributed by atoms with Gasteiger partial charge < -0.3 is 4.74 Å². The number of esters is 1. The van der Waals surface area contributed by atoms with Crippen molar-refractivity contribution in [2.75, 3.05) is 6.61 Å². The number of rotatable bonds is 3. The molecule has 1 aliphatic rings. The molecule has 0 heterocycles. The van der Waals surface area contributed by atoms with Gasteiger partial charge in [0.2, 0.25) is 0 Å². The van der Waals surface area contributed by atoms with Gasteiger partial charge in [-0.1, -0.05) is 54.6 Å². The molecule has 20 heavy (non-hydrogen) atoms. The fraction of sp³-hybridized carbons (Fsp3) is 0.167. The second-order valence-electron chi connectivity index (χ2n) is 4.72. The van der Waals surface area contributed by atoms with E-state index in [2.05, 4.69) is 24.3 Å². The molecule has 100 valence electrons. The van der Waals surface area contributed by atoms with Gasteiger partial charge in [0.25, 0.3) is 0 Å². The molecule has 1 aliphatic carbocycles. The number of hydrogen-bond donors (Lipinski definition) is 0. The molecule has 0 atom stereocenters. The van der Waals surface area contributed by atoms with Crippen LogP contribution >= 0.6 is 0 Å². The highest BCUT2D eigenvalue weighted by Gasteiger charge is 2.22. The summed E-state index contributed by atoms with van der Waals surface area (Å²) in [6, 6.07) is 16.6. The van der Waals surface area contributed by atoms with E-state index in [4.69, 9.17) is 4.74 Å². The van der Waals surface area contributed by atoms with E-state index >= 15 is 0 Å². The SMILES string of the molecule is CCOC(=O)CC=C1c2ccccc2-c2ccccc21. The highest BCUT2D eigenvalue weighted by molar-refractivity contribution is 6.01. The van der Waals surface area contributed by atoms with Crippen LogP contribution in [0.5, 0.6) is 0 Å². The van der Waals surface area contributed by atoms with Crippen LogP contribution in [0.15, 0.2) is 54.6 Å². The van der Waals surface area contributed by atoms with E-state index < -0.39 is 0 Å². The molecule has 3 rings (SSSR count). The molecule has 0 radical (unpaired) electrons. The summed E-state index contributed by atoms with van der Waals surface area (Å²) in [6.45, 7) is 2.25. The summed E-state index contributed by atoms with van der Waals surface area (Å²) in [5.41, 5.74) is 5.98. The lowest BCUT2D eigenvalue weighted by Crippen LogP contribution is -2.02. The first-order chi connectivity index (χ1) is 9.81. The molecule has 2 aromatic rings. The molecule has 0 N–H and O–H groups in total. The summed E-state index contributed by atoms with van der Waals surface area (Å²) in [5, 5.41) is 0. The second-order valence-corrected chi connectivity index (χ2v) is 4.72. The van der Waals surface area contributed by atoms with Crippen LogP contribution in [0.4, 0.5) is 0 Å². The second kappa shape index (κ2) is 5.33. The van der Waals surface area contributed by atoms with Crippen LogP contribution in [-0.4, -0.2) is 12.6 Å². The van der Waals surface area contributed by atoms with E-state index in [1.54, 1.807) is 0 Å². The summed E-state index contributed by atoms with van der Waals surface area (Å²) in [4.78, 5) is 11.6. The molecule has 2 heteroatoms. The molecule has 0 fully saturated rings. The van der Waals surface area contributed by atoms with Gasteiger partial charge in [-0.25, -0.2) is 0 Å². The molecule has 0 unspecified atom stereocenters. The monoisotopic (exact) mass is 264 g/mol.